The van der Waals surface area contributed by atoms with E-state index in [9.17, 15) is 9.90 Å². The van der Waals surface area contributed by atoms with Gasteiger partial charge in [-0.05, 0) is 85.9 Å². The molecule has 25 heavy (non-hydrogen) atoms. The lowest BCUT2D eigenvalue weighted by Crippen LogP contribution is -2.54. The standard InChI is InChI=1S/C22H34O3/c1-12-19-18(25-20(12)24)11-17-15-5-4-13-10-14(23)6-8-21(13,2)16(15)7-9-22(17,19)3/h12-19,23H,4-11H2,1-3H3/t12?,13-,14-,15?,16?,17?,18-,19?,21-,22-/m0/s1. The molecular formula is C22H34O3. The summed E-state index contributed by atoms with van der Waals surface area (Å²) in [6.45, 7) is 7.13. The number of hydrogen-bond acceptors (Lipinski definition) is 3. The fourth-order valence-corrected chi connectivity index (χ4v) is 8.68. The van der Waals surface area contributed by atoms with Gasteiger partial charge in [-0.1, -0.05) is 20.8 Å². The predicted octanol–water partition coefficient (Wildman–Crippen LogP) is 4.18. The van der Waals surface area contributed by atoms with Gasteiger partial charge in [-0.2, -0.15) is 0 Å². The summed E-state index contributed by atoms with van der Waals surface area (Å²) < 4.78 is 5.81. The highest BCUT2D eigenvalue weighted by Gasteiger charge is 2.66. The zero-order valence-electron chi connectivity index (χ0n) is 16.0. The number of carbonyl (C=O) groups is 1. The molecule has 0 radical (unpaired) electrons. The summed E-state index contributed by atoms with van der Waals surface area (Å²) in [5, 5.41) is 10.2. The first-order valence-electron chi connectivity index (χ1n) is 10.7. The summed E-state index contributed by atoms with van der Waals surface area (Å²) in [5.74, 6) is 3.68. The van der Waals surface area contributed by atoms with E-state index in [-0.39, 0.29) is 24.1 Å². The van der Waals surface area contributed by atoms with Crippen LogP contribution in [0.1, 0.15) is 72.1 Å². The maximum atomic E-state index is 12.1. The highest BCUT2D eigenvalue weighted by Crippen LogP contribution is 2.69. The van der Waals surface area contributed by atoms with Crippen LogP contribution in [0.3, 0.4) is 0 Å². The van der Waals surface area contributed by atoms with Gasteiger partial charge in [0.05, 0.1) is 12.0 Å². The van der Waals surface area contributed by atoms with E-state index >= 15 is 0 Å². The van der Waals surface area contributed by atoms with Crippen molar-refractivity contribution in [1.82, 2.24) is 0 Å². The van der Waals surface area contributed by atoms with Crippen LogP contribution in [0, 0.1) is 46.3 Å². The van der Waals surface area contributed by atoms with Crippen LogP contribution in [0.25, 0.3) is 0 Å². The van der Waals surface area contributed by atoms with Crippen LogP contribution >= 0.6 is 0 Å². The first-order valence-corrected chi connectivity index (χ1v) is 10.7. The summed E-state index contributed by atoms with van der Waals surface area (Å²) in [4.78, 5) is 12.1. The maximum absolute atomic E-state index is 12.1. The molecule has 4 aliphatic carbocycles. The van der Waals surface area contributed by atoms with Gasteiger partial charge in [0.2, 0.25) is 0 Å². The Bertz CT molecular complexity index is 588. The smallest absolute Gasteiger partial charge is 0.309 e. The van der Waals surface area contributed by atoms with Crippen LogP contribution in [0.15, 0.2) is 0 Å². The number of esters is 1. The Morgan fingerprint density at radius 1 is 1.00 bits per heavy atom. The highest BCUT2D eigenvalue weighted by atomic mass is 16.6. The zero-order valence-corrected chi connectivity index (χ0v) is 16.0. The summed E-state index contributed by atoms with van der Waals surface area (Å²) in [6, 6.07) is 0. The minimum absolute atomic E-state index is 0.0498. The van der Waals surface area contributed by atoms with Crippen molar-refractivity contribution in [2.45, 2.75) is 84.3 Å². The second-order valence-corrected chi connectivity index (χ2v) is 10.7. The fourth-order valence-electron chi connectivity index (χ4n) is 8.68. The topological polar surface area (TPSA) is 46.5 Å². The van der Waals surface area contributed by atoms with Crippen molar-refractivity contribution in [1.29, 1.82) is 0 Å². The molecule has 140 valence electrons. The van der Waals surface area contributed by atoms with Gasteiger partial charge in [-0.25, -0.2) is 0 Å². The molecule has 1 heterocycles. The van der Waals surface area contributed by atoms with Crippen molar-refractivity contribution < 1.29 is 14.6 Å². The van der Waals surface area contributed by atoms with Gasteiger partial charge < -0.3 is 9.84 Å². The molecule has 0 aromatic rings. The van der Waals surface area contributed by atoms with Gasteiger partial charge in [0, 0.05) is 5.92 Å². The molecule has 1 N–H and O–H groups in total. The average Bonchev–Trinajstić information content (AvgIpc) is 3.02. The number of hydrogen-bond donors (Lipinski definition) is 1. The second-order valence-electron chi connectivity index (χ2n) is 10.7. The molecule has 1 aliphatic heterocycles. The molecule has 0 amide bonds. The van der Waals surface area contributed by atoms with Gasteiger partial charge in [-0.3, -0.25) is 4.79 Å². The van der Waals surface area contributed by atoms with Crippen molar-refractivity contribution in [2.24, 2.45) is 46.3 Å². The molecule has 5 aliphatic rings. The fraction of sp³-hybridized carbons (Fsp3) is 0.955. The van der Waals surface area contributed by atoms with Gasteiger partial charge in [0.15, 0.2) is 0 Å². The number of rotatable bonds is 0. The molecule has 5 fully saturated rings. The molecular weight excluding hydrogens is 312 g/mol. The van der Waals surface area contributed by atoms with Crippen LogP contribution in [-0.4, -0.2) is 23.3 Å². The molecule has 3 heteroatoms. The molecule has 4 saturated carbocycles. The number of carbonyl (C=O) groups excluding carboxylic acids is 1. The average molecular weight is 347 g/mol. The normalized spacial score (nSPS) is 60.2. The van der Waals surface area contributed by atoms with Crippen molar-refractivity contribution in [2.75, 3.05) is 0 Å². The maximum Gasteiger partial charge on any atom is 0.309 e. The van der Waals surface area contributed by atoms with E-state index in [0.717, 1.165) is 42.9 Å². The van der Waals surface area contributed by atoms with Gasteiger partial charge in [0.1, 0.15) is 6.10 Å². The Hall–Kier alpha value is -0.570. The van der Waals surface area contributed by atoms with Gasteiger partial charge in [-0.15, -0.1) is 0 Å². The Balaban J connectivity index is 1.45. The van der Waals surface area contributed by atoms with Crippen molar-refractivity contribution in [3.8, 4) is 0 Å². The van der Waals surface area contributed by atoms with Crippen molar-refractivity contribution in [3.05, 3.63) is 0 Å². The molecule has 1 saturated heterocycles. The second kappa shape index (κ2) is 5.24. The minimum atomic E-state index is -0.0606. The Morgan fingerprint density at radius 2 is 1.76 bits per heavy atom. The van der Waals surface area contributed by atoms with Crippen LogP contribution in [0.5, 0.6) is 0 Å². The molecule has 5 unspecified atom stereocenters. The molecule has 3 nitrogen and oxygen atoms in total. The molecule has 10 atom stereocenters. The lowest BCUT2D eigenvalue weighted by molar-refractivity contribution is -0.147. The van der Waals surface area contributed by atoms with E-state index < -0.39 is 0 Å². The van der Waals surface area contributed by atoms with Gasteiger partial charge in [0.25, 0.3) is 0 Å². The number of aliphatic hydroxyl groups excluding tert-OH is 1. The zero-order chi connectivity index (χ0) is 17.6. The van der Waals surface area contributed by atoms with E-state index in [1.807, 2.05) is 0 Å². The van der Waals surface area contributed by atoms with E-state index in [4.69, 9.17) is 4.74 Å². The summed E-state index contributed by atoms with van der Waals surface area (Å²) in [6.07, 6.45) is 9.70. The number of ether oxygens (including phenoxy) is 1. The summed E-state index contributed by atoms with van der Waals surface area (Å²) >= 11 is 0. The van der Waals surface area contributed by atoms with E-state index in [2.05, 4.69) is 20.8 Å². The predicted molar refractivity (Wildman–Crippen MR) is 95.7 cm³/mol. The first kappa shape index (κ1) is 16.6. The molecule has 0 bridgehead atoms. The van der Waals surface area contributed by atoms with Crippen molar-refractivity contribution >= 4 is 5.97 Å². The van der Waals surface area contributed by atoms with Gasteiger partial charge >= 0.3 is 5.97 Å². The molecule has 0 aromatic heterocycles. The lowest BCUT2D eigenvalue weighted by Gasteiger charge is -2.61. The number of aliphatic hydroxyl groups is 1. The minimum Gasteiger partial charge on any atom is -0.462 e. The van der Waals surface area contributed by atoms with Crippen LogP contribution in [0.2, 0.25) is 0 Å². The third-order valence-electron chi connectivity index (χ3n) is 9.90. The van der Waals surface area contributed by atoms with E-state index in [1.54, 1.807) is 0 Å². The monoisotopic (exact) mass is 346 g/mol. The molecule has 0 spiro atoms. The lowest BCUT2D eigenvalue weighted by atomic mass is 9.44. The first-order chi connectivity index (χ1) is 11.8. The third kappa shape index (κ3) is 2.05. The molecule has 5 rings (SSSR count). The van der Waals surface area contributed by atoms with Crippen molar-refractivity contribution in [3.63, 3.8) is 0 Å². The Kier molecular flexibility index (Phi) is 3.48. The highest BCUT2D eigenvalue weighted by molar-refractivity contribution is 5.75. The summed E-state index contributed by atoms with van der Waals surface area (Å²) in [7, 11) is 0. The largest absolute Gasteiger partial charge is 0.462 e. The number of fused-ring (bicyclic) bond motifs is 7. The van der Waals surface area contributed by atoms with Crippen LogP contribution in [0.4, 0.5) is 0 Å². The Morgan fingerprint density at radius 3 is 2.56 bits per heavy atom. The quantitative estimate of drug-likeness (QED) is 0.669. The molecule has 0 aromatic carbocycles. The SMILES string of the molecule is CC1C(=O)O[C@H]2CC3C4CC[C@H]5C[C@@H](O)CC[C@]5(C)C4CC[C@]3(C)C12. The van der Waals surface area contributed by atoms with Crippen LogP contribution < -0.4 is 0 Å². The van der Waals surface area contributed by atoms with E-state index in [0.29, 0.717) is 16.7 Å². The van der Waals surface area contributed by atoms with E-state index in [1.165, 1.54) is 32.1 Å². The summed E-state index contributed by atoms with van der Waals surface area (Å²) in [5.41, 5.74) is 0.734. The van der Waals surface area contributed by atoms with Crippen LogP contribution in [-0.2, 0) is 9.53 Å². The third-order valence-corrected chi connectivity index (χ3v) is 9.90. The Labute approximate surface area is 151 Å².